The third kappa shape index (κ3) is 6.57. The van der Waals surface area contributed by atoms with Crippen molar-refractivity contribution in [3.8, 4) is 0 Å². The van der Waals surface area contributed by atoms with Crippen LogP contribution in [0.15, 0.2) is 41.1 Å². The number of hydrogen-bond donors (Lipinski definition) is 6. The van der Waals surface area contributed by atoms with Crippen molar-refractivity contribution in [2.24, 2.45) is 16.5 Å². The lowest BCUT2D eigenvalue weighted by Crippen LogP contribution is -2.60. The first kappa shape index (κ1) is 25.4. The van der Waals surface area contributed by atoms with Crippen LogP contribution in [0.4, 0.5) is 0 Å². The number of carbonyl (C=O) groups is 2. The number of halogens is 1. The summed E-state index contributed by atoms with van der Waals surface area (Å²) in [6, 6.07) is 4.92. The van der Waals surface area contributed by atoms with Gasteiger partial charge in [-0.05, 0) is 23.8 Å². The van der Waals surface area contributed by atoms with Crippen molar-refractivity contribution in [2.45, 2.75) is 43.9 Å². The van der Waals surface area contributed by atoms with Crippen molar-refractivity contribution < 1.29 is 29.6 Å². The van der Waals surface area contributed by atoms with Crippen LogP contribution in [0.5, 0.6) is 0 Å². The molecule has 0 bridgehead atoms. The van der Waals surface area contributed by atoms with Crippen molar-refractivity contribution in [3.05, 3.63) is 46.7 Å². The minimum absolute atomic E-state index is 0.188. The molecule has 0 saturated heterocycles. The molecule has 2 amide bonds. The van der Waals surface area contributed by atoms with E-state index in [1.807, 2.05) is 0 Å². The Morgan fingerprint density at radius 1 is 1.28 bits per heavy atom. The Morgan fingerprint density at radius 2 is 1.91 bits per heavy atom. The molecule has 0 spiro atoms. The zero-order valence-electron chi connectivity index (χ0n) is 17.7. The summed E-state index contributed by atoms with van der Waals surface area (Å²) in [6.45, 7) is 0.693. The van der Waals surface area contributed by atoms with Crippen LogP contribution < -0.4 is 16.8 Å². The lowest BCUT2D eigenvalue weighted by molar-refractivity contribution is -0.140. The molecule has 1 aromatic carbocycles. The van der Waals surface area contributed by atoms with E-state index < -0.39 is 48.8 Å². The number of rotatable bonds is 8. The van der Waals surface area contributed by atoms with Crippen LogP contribution in [-0.2, 0) is 20.9 Å². The topological polar surface area (TPSA) is 184 Å². The molecule has 2 rings (SSSR count). The Bertz CT molecular complexity index is 874. The molecule has 1 heterocycles. The molecule has 0 fully saturated rings. The number of aliphatic imine (C=N–C) groups is 1. The van der Waals surface area contributed by atoms with Gasteiger partial charge in [0, 0.05) is 25.5 Å². The van der Waals surface area contributed by atoms with Crippen molar-refractivity contribution >= 4 is 29.4 Å². The summed E-state index contributed by atoms with van der Waals surface area (Å²) in [6.07, 6.45) is -3.26. The van der Waals surface area contributed by atoms with Crippen molar-refractivity contribution in [1.29, 1.82) is 0 Å². The maximum absolute atomic E-state index is 13.1. The number of nitrogens with two attached hydrogens (primary N) is 2. The normalized spacial score (nSPS) is 22.1. The summed E-state index contributed by atoms with van der Waals surface area (Å²) in [5, 5.41) is 32.8. The van der Waals surface area contributed by atoms with Crippen LogP contribution in [-0.4, -0.2) is 82.0 Å². The second-order valence-electron chi connectivity index (χ2n) is 7.41. The fourth-order valence-corrected chi connectivity index (χ4v) is 3.38. The molecule has 32 heavy (non-hydrogen) atoms. The van der Waals surface area contributed by atoms with Gasteiger partial charge in [-0.25, -0.2) is 4.99 Å². The summed E-state index contributed by atoms with van der Waals surface area (Å²) >= 11 is 5.89. The number of amides is 2. The number of carbonyl (C=O) groups excluding carboxylic acids is 2. The number of nitrogens with zero attached hydrogens (tertiary/aromatic N) is 2. The Morgan fingerprint density at radius 3 is 2.44 bits per heavy atom. The molecule has 5 atom stereocenters. The number of benzene rings is 1. The quantitative estimate of drug-likeness (QED) is 0.195. The van der Waals surface area contributed by atoms with Gasteiger partial charge in [-0.2, -0.15) is 0 Å². The predicted molar refractivity (Wildman–Crippen MR) is 117 cm³/mol. The van der Waals surface area contributed by atoms with E-state index in [4.69, 9.17) is 27.8 Å². The number of ether oxygens (including phenoxy) is 1. The summed E-state index contributed by atoms with van der Waals surface area (Å²) in [4.78, 5) is 30.2. The molecule has 0 aliphatic carbocycles. The van der Waals surface area contributed by atoms with Gasteiger partial charge in [0.2, 0.25) is 5.91 Å². The first-order valence-corrected chi connectivity index (χ1v) is 10.1. The highest BCUT2D eigenvalue weighted by Crippen LogP contribution is 2.26. The molecule has 1 aromatic rings. The highest BCUT2D eigenvalue weighted by Gasteiger charge is 2.44. The fourth-order valence-electron chi connectivity index (χ4n) is 3.26. The summed E-state index contributed by atoms with van der Waals surface area (Å²) < 4.78 is 5.70. The molecule has 0 radical (unpaired) electrons. The third-order valence-electron chi connectivity index (χ3n) is 4.78. The first-order valence-electron chi connectivity index (χ1n) is 9.74. The van der Waals surface area contributed by atoms with E-state index in [-0.39, 0.29) is 18.3 Å². The number of aliphatic hydroxyl groups is 3. The standard InChI is InChI=1S/C20H28ClN5O6/c1-10(28)24-16-13(25-20(22)23)7-15(32-18(16)17(30)14(29)9-27)19(31)26(2)8-11-3-5-12(21)6-4-11/h3-7,13-14,16-18,27,29-30H,8-9H2,1-2H3,(H,24,28)(H4,22,23,25)/t13-,14+,16+,17+,18+/m0/s1. The van der Waals surface area contributed by atoms with Crippen molar-refractivity contribution in [1.82, 2.24) is 10.2 Å². The zero-order valence-corrected chi connectivity index (χ0v) is 18.4. The van der Waals surface area contributed by atoms with Gasteiger partial charge in [-0.3, -0.25) is 9.59 Å². The molecular formula is C20H28ClN5O6. The van der Waals surface area contributed by atoms with Gasteiger partial charge in [-0.1, -0.05) is 23.7 Å². The number of guanidine groups is 1. The van der Waals surface area contributed by atoms with E-state index in [2.05, 4.69) is 10.3 Å². The van der Waals surface area contributed by atoms with Gasteiger partial charge in [0.15, 0.2) is 11.7 Å². The second kappa shape index (κ2) is 11.1. The van der Waals surface area contributed by atoms with Gasteiger partial charge in [0.05, 0.1) is 18.7 Å². The maximum atomic E-state index is 13.1. The van der Waals surface area contributed by atoms with Crippen LogP contribution in [0.25, 0.3) is 0 Å². The van der Waals surface area contributed by atoms with Crippen LogP contribution in [0.1, 0.15) is 12.5 Å². The van der Waals surface area contributed by atoms with Gasteiger partial charge in [0.1, 0.15) is 18.3 Å². The summed E-state index contributed by atoms with van der Waals surface area (Å²) in [7, 11) is 1.55. The highest BCUT2D eigenvalue weighted by atomic mass is 35.5. The smallest absolute Gasteiger partial charge is 0.288 e. The van der Waals surface area contributed by atoms with Gasteiger partial charge >= 0.3 is 0 Å². The van der Waals surface area contributed by atoms with Crippen LogP contribution in [0, 0.1) is 0 Å². The molecule has 1 aliphatic rings. The molecule has 11 nitrogen and oxygen atoms in total. The Labute approximate surface area is 190 Å². The average molecular weight is 470 g/mol. The summed E-state index contributed by atoms with van der Waals surface area (Å²) in [5.74, 6) is -1.53. The number of nitrogens with one attached hydrogen (secondary N) is 1. The molecule has 0 unspecified atom stereocenters. The van der Waals surface area contributed by atoms with E-state index in [0.717, 1.165) is 5.56 Å². The summed E-state index contributed by atoms with van der Waals surface area (Å²) in [5.41, 5.74) is 11.8. The van der Waals surface area contributed by atoms with E-state index >= 15 is 0 Å². The highest BCUT2D eigenvalue weighted by molar-refractivity contribution is 6.30. The lowest BCUT2D eigenvalue weighted by atomic mass is 9.92. The first-order chi connectivity index (χ1) is 15.0. The van der Waals surface area contributed by atoms with E-state index in [1.165, 1.54) is 17.9 Å². The predicted octanol–water partition coefficient (Wildman–Crippen LogP) is -1.56. The second-order valence-corrected chi connectivity index (χ2v) is 7.85. The zero-order chi connectivity index (χ0) is 24.0. The molecule has 8 N–H and O–H groups in total. The Kier molecular flexibility index (Phi) is 8.84. The molecule has 12 heteroatoms. The van der Waals surface area contributed by atoms with E-state index in [1.54, 1.807) is 31.3 Å². The van der Waals surface area contributed by atoms with Gasteiger partial charge < -0.3 is 41.7 Å². The molecule has 176 valence electrons. The Hall–Kier alpha value is -2.86. The number of aliphatic hydroxyl groups excluding tert-OH is 3. The minimum Gasteiger partial charge on any atom is -0.480 e. The molecule has 0 aromatic heterocycles. The number of likely N-dealkylation sites (N-methyl/N-ethyl adjacent to an activating group) is 1. The minimum atomic E-state index is -1.66. The van der Waals surface area contributed by atoms with Crippen LogP contribution >= 0.6 is 11.6 Å². The van der Waals surface area contributed by atoms with Gasteiger partial charge in [-0.15, -0.1) is 0 Å². The average Bonchev–Trinajstić information content (AvgIpc) is 2.74. The van der Waals surface area contributed by atoms with Crippen molar-refractivity contribution in [2.75, 3.05) is 13.7 Å². The SMILES string of the molecule is CC(=O)N[C@H]1[C@H]([C@H](O)[C@H](O)CO)OC(C(=O)N(C)Cc2ccc(Cl)cc2)=C[C@@H]1N=C(N)N. The molecule has 1 aliphatic heterocycles. The Balaban J connectivity index is 2.37. The van der Waals surface area contributed by atoms with Crippen LogP contribution in [0.3, 0.4) is 0 Å². The molecular weight excluding hydrogens is 442 g/mol. The van der Waals surface area contributed by atoms with Gasteiger partial charge in [0.25, 0.3) is 5.91 Å². The maximum Gasteiger partial charge on any atom is 0.288 e. The third-order valence-corrected chi connectivity index (χ3v) is 5.04. The van der Waals surface area contributed by atoms with Crippen LogP contribution in [0.2, 0.25) is 5.02 Å². The molecule has 0 saturated carbocycles. The largest absolute Gasteiger partial charge is 0.480 e. The lowest BCUT2D eigenvalue weighted by Gasteiger charge is -2.39. The van der Waals surface area contributed by atoms with Crippen molar-refractivity contribution in [3.63, 3.8) is 0 Å². The van der Waals surface area contributed by atoms with E-state index in [0.29, 0.717) is 5.02 Å². The monoisotopic (exact) mass is 469 g/mol. The number of hydrogen-bond acceptors (Lipinski definition) is 7. The van der Waals surface area contributed by atoms with E-state index in [9.17, 15) is 24.9 Å². The fraction of sp³-hybridized carbons (Fsp3) is 0.450.